The first kappa shape index (κ1) is 13.1. The SMILES string of the molecule is Cc1cccc(CN(C)C(=O)C2COCC2N)c1. The Morgan fingerprint density at radius 2 is 2.28 bits per heavy atom. The Morgan fingerprint density at radius 1 is 1.50 bits per heavy atom. The van der Waals surface area contributed by atoms with E-state index in [-0.39, 0.29) is 17.9 Å². The molecule has 4 nitrogen and oxygen atoms in total. The second-order valence-corrected chi connectivity index (χ2v) is 4.99. The molecule has 1 aliphatic heterocycles. The number of hydrogen-bond donors (Lipinski definition) is 1. The Bertz CT molecular complexity index is 434. The van der Waals surface area contributed by atoms with Crippen molar-refractivity contribution in [2.75, 3.05) is 20.3 Å². The molecule has 98 valence electrons. The van der Waals surface area contributed by atoms with Crippen LogP contribution in [0, 0.1) is 12.8 Å². The van der Waals surface area contributed by atoms with Crippen LogP contribution in [0.5, 0.6) is 0 Å². The molecule has 1 amide bonds. The topological polar surface area (TPSA) is 55.6 Å². The lowest BCUT2D eigenvalue weighted by molar-refractivity contribution is -0.135. The molecule has 0 radical (unpaired) electrons. The maximum absolute atomic E-state index is 12.2. The summed E-state index contributed by atoms with van der Waals surface area (Å²) < 4.78 is 5.24. The van der Waals surface area contributed by atoms with Crippen molar-refractivity contribution in [3.8, 4) is 0 Å². The first-order valence-electron chi connectivity index (χ1n) is 6.22. The Morgan fingerprint density at radius 3 is 2.89 bits per heavy atom. The van der Waals surface area contributed by atoms with Gasteiger partial charge in [0.25, 0.3) is 0 Å². The van der Waals surface area contributed by atoms with E-state index in [0.29, 0.717) is 19.8 Å². The van der Waals surface area contributed by atoms with Crippen LogP contribution in [-0.4, -0.2) is 37.1 Å². The molecule has 2 unspecified atom stereocenters. The zero-order valence-electron chi connectivity index (χ0n) is 10.9. The van der Waals surface area contributed by atoms with E-state index in [9.17, 15) is 4.79 Å². The lowest BCUT2D eigenvalue weighted by Crippen LogP contribution is -2.41. The first-order valence-corrected chi connectivity index (χ1v) is 6.22. The number of nitrogens with zero attached hydrogens (tertiary/aromatic N) is 1. The third-order valence-electron chi connectivity index (χ3n) is 3.32. The average molecular weight is 248 g/mol. The highest BCUT2D eigenvalue weighted by atomic mass is 16.5. The number of benzene rings is 1. The van der Waals surface area contributed by atoms with Gasteiger partial charge in [-0.25, -0.2) is 0 Å². The summed E-state index contributed by atoms with van der Waals surface area (Å²) in [6.45, 7) is 3.59. The Hall–Kier alpha value is -1.39. The fourth-order valence-electron chi connectivity index (χ4n) is 2.27. The molecule has 4 heteroatoms. The highest BCUT2D eigenvalue weighted by molar-refractivity contribution is 5.79. The van der Waals surface area contributed by atoms with E-state index in [1.807, 2.05) is 32.2 Å². The van der Waals surface area contributed by atoms with Crippen molar-refractivity contribution in [1.29, 1.82) is 0 Å². The van der Waals surface area contributed by atoms with Crippen molar-refractivity contribution in [2.45, 2.75) is 19.5 Å². The third kappa shape index (κ3) is 2.89. The van der Waals surface area contributed by atoms with Gasteiger partial charge in [-0.3, -0.25) is 4.79 Å². The number of amides is 1. The fourth-order valence-corrected chi connectivity index (χ4v) is 2.27. The van der Waals surface area contributed by atoms with Crippen LogP contribution in [0.3, 0.4) is 0 Å². The molecule has 1 heterocycles. The van der Waals surface area contributed by atoms with Crippen LogP contribution < -0.4 is 5.73 Å². The van der Waals surface area contributed by atoms with Crippen molar-refractivity contribution in [3.05, 3.63) is 35.4 Å². The van der Waals surface area contributed by atoms with Crippen molar-refractivity contribution >= 4 is 5.91 Å². The van der Waals surface area contributed by atoms with Gasteiger partial charge in [0.05, 0.1) is 19.1 Å². The summed E-state index contributed by atoms with van der Waals surface area (Å²) >= 11 is 0. The molecule has 1 saturated heterocycles. The minimum atomic E-state index is -0.195. The van der Waals surface area contributed by atoms with Gasteiger partial charge in [-0.2, -0.15) is 0 Å². The van der Waals surface area contributed by atoms with Crippen LogP contribution in [0.25, 0.3) is 0 Å². The van der Waals surface area contributed by atoms with Gasteiger partial charge in [0, 0.05) is 19.6 Å². The molecule has 0 spiro atoms. The smallest absolute Gasteiger partial charge is 0.229 e. The molecular formula is C14H20N2O2. The van der Waals surface area contributed by atoms with Crippen molar-refractivity contribution < 1.29 is 9.53 Å². The molecule has 2 rings (SSSR count). The van der Waals surface area contributed by atoms with E-state index in [2.05, 4.69) is 6.07 Å². The lowest BCUT2D eigenvalue weighted by Gasteiger charge is -2.22. The van der Waals surface area contributed by atoms with Crippen LogP contribution in [-0.2, 0) is 16.1 Å². The summed E-state index contributed by atoms with van der Waals surface area (Å²) in [5.74, 6) is -0.124. The Labute approximate surface area is 108 Å². The van der Waals surface area contributed by atoms with Gasteiger partial charge in [-0.15, -0.1) is 0 Å². The molecule has 0 aliphatic carbocycles. The highest BCUT2D eigenvalue weighted by Crippen LogP contribution is 2.16. The van der Waals surface area contributed by atoms with Gasteiger partial charge in [-0.05, 0) is 12.5 Å². The summed E-state index contributed by atoms with van der Waals surface area (Å²) in [5.41, 5.74) is 8.20. The first-order chi connectivity index (χ1) is 8.58. The third-order valence-corrected chi connectivity index (χ3v) is 3.32. The number of nitrogens with two attached hydrogens (primary N) is 1. The van der Waals surface area contributed by atoms with Gasteiger partial charge < -0.3 is 15.4 Å². The second-order valence-electron chi connectivity index (χ2n) is 4.99. The van der Waals surface area contributed by atoms with E-state index < -0.39 is 0 Å². The lowest BCUT2D eigenvalue weighted by atomic mass is 10.0. The van der Waals surface area contributed by atoms with Gasteiger partial charge >= 0.3 is 0 Å². The predicted octanol–water partition coefficient (Wildman–Crippen LogP) is 0.927. The van der Waals surface area contributed by atoms with E-state index in [0.717, 1.165) is 5.56 Å². The Balaban J connectivity index is 1.99. The van der Waals surface area contributed by atoms with Gasteiger partial charge in [0.15, 0.2) is 0 Å². The number of hydrogen-bond acceptors (Lipinski definition) is 3. The average Bonchev–Trinajstić information content (AvgIpc) is 2.74. The minimum Gasteiger partial charge on any atom is -0.379 e. The van der Waals surface area contributed by atoms with Crippen LogP contribution in [0.1, 0.15) is 11.1 Å². The predicted molar refractivity (Wildman–Crippen MR) is 69.9 cm³/mol. The maximum Gasteiger partial charge on any atom is 0.229 e. The molecule has 0 aromatic heterocycles. The largest absolute Gasteiger partial charge is 0.379 e. The molecule has 0 bridgehead atoms. The van der Waals surface area contributed by atoms with Crippen LogP contribution in [0.4, 0.5) is 0 Å². The number of carbonyl (C=O) groups excluding carboxylic acids is 1. The van der Waals surface area contributed by atoms with Gasteiger partial charge in [-0.1, -0.05) is 29.8 Å². The van der Waals surface area contributed by atoms with Crippen LogP contribution in [0.2, 0.25) is 0 Å². The zero-order valence-corrected chi connectivity index (χ0v) is 10.9. The number of ether oxygens (including phenoxy) is 1. The maximum atomic E-state index is 12.2. The second kappa shape index (κ2) is 5.50. The molecule has 0 saturated carbocycles. The molecule has 1 fully saturated rings. The van der Waals surface area contributed by atoms with Crippen LogP contribution in [0.15, 0.2) is 24.3 Å². The highest BCUT2D eigenvalue weighted by Gasteiger charge is 2.33. The molecular weight excluding hydrogens is 228 g/mol. The molecule has 1 aromatic carbocycles. The van der Waals surface area contributed by atoms with E-state index >= 15 is 0 Å². The molecule has 1 aromatic rings. The minimum absolute atomic E-state index is 0.0708. The molecule has 2 atom stereocenters. The summed E-state index contributed by atoms with van der Waals surface area (Å²) in [6, 6.07) is 8.01. The van der Waals surface area contributed by atoms with Crippen molar-refractivity contribution in [3.63, 3.8) is 0 Å². The van der Waals surface area contributed by atoms with Crippen molar-refractivity contribution in [1.82, 2.24) is 4.90 Å². The monoisotopic (exact) mass is 248 g/mol. The Kier molecular flexibility index (Phi) is 3.99. The number of rotatable bonds is 3. The number of carbonyl (C=O) groups is 1. The molecule has 2 N–H and O–H groups in total. The number of aryl methyl sites for hydroxylation is 1. The summed E-state index contributed by atoms with van der Waals surface area (Å²) in [4.78, 5) is 13.9. The normalized spacial score (nSPS) is 23.1. The van der Waals surface area contributed by atoms with Gasteiger partial charge in [0.2, 0.25) is 5.91 Å². The summed E-state index contributed by atoms with van der Waals surface area (Å²) in [6.07, 6.45) is 0. The van der Waals surface area contributed by atoms with Crippen LogP contribution >= 0.6 is 0 Å². The van der Waals surface area contributed by atoms with Crippen molar-refractivity contribution in [2.24, 2.45) is 11.7 Å². The summed E-state index contributed by atoms with van der Waals surface area (Å²) in [5, 5.41) is 0. The summed E-state index contributed by atoms with van der Waals surface area (Å²) in [7, 11) is 1.82. The van der Waals surface area contributed by atoms with E-state index in [4.69, 9.17) is 10.5 Å². The zero-order chi connectivity index (χ0) is 13.1. The molecule has 1 aliphatic rings. The quantitative estimate of drug-likeness (QED) is 0.865. The van der Waals surface area contributed by atoms with Gasteiger partial charge in [0.1, 0.15) is 0 Å². The van der Waals surface area contributed by atoms with E-state index in [1.54, 1.807) is 4.90 Å². The standard InChI is InChI=1S/C14H20N2O2/c1-10-4-3-5-11(6-10)7-16(2)14(17)12-8-18-9-13(12)15/h3-6,12-13H,7-9,15H2,1-2H3. The molecule has 18 heavy (non-hydrogen) atoms. The fraction of sp³-hybridized carbons (Fsp3) is 0.500. The van der Waals surface area contributed by atoms with E-state index in [1.165, 1.54) is 5.56 Å².